The number of nitrogens with one attached hydrogen (secondary N) is 2. The van der Waals surface area contributed by atoms with E-state index in [0.717, 1.165) is 18.2 Å². The van der Waals surface area contributed by atoms with Gasteiger partial charge in [0.15, 0.2) is 0 Å². The largest absolute Gasteiger partial charge is 0.423 e. The summed E-state index contributed by atoms with van der Waals surface area (Å²) in [5, 5.41) is 14.4. The number of hydrogen-bond acceptors (Lipinski definition) is 7. The second-order valence-electron chi connectivity index (χ2n) is 6.68. The Kier molecular flexibility index (Phi) is 5.33. The van der Waals surface area contributed by atoms with E-state index in [4.69, 9.17) is 4.42 Å². The standard InChI is InChI=1S/C21H14FN3O6S/c22-13-2-1-3-17(10-13)32(29,30)24-15-6-4-14(5-7-15)23-19-12-21(26)31-20-9-8-16(25(27)28)11-18(19)20/h1-12,23-24H. The number of nitrogens with zero attached hydrogens (tertiary/aromatic N) is 1. The molecule has 0 unspecified atom stereocenters. The summed E-state index contributed by atoms with van der Waals surface area (Å²) < 4.78 is 45.6. The summed E-state index contributed by atoms with van der Waals surface area (Å²) in [6, 6.07) is 15.6. The van der Waals surface area contributed by atoms with E-state index in [1.807, 2.05) is 0 Å². The van der Waals surface area contributed by atoms with Crippen molar-refractivity contribution >= 4 is 43.7 Å². The summed E-state index contributed by atoms with van der Waals surface area (Å²) in [6.45, 7) is 0. The van der Waals surface area contributed by atoms with Crippen molar-refractivity contribution in [2.24, 2.45) is 0 Å². The molecule has 11 heteroatoms. The van der Waals surface area contributed by atoms with Crippen LogP contribution in [0.1, 0.15) is 0 Å². The summed E-state index contributed by atoms with van der Waals surface area (Å²) in [4.78, 5) is 22.1. The molecule has 9 nitrogen and oxygen atoms in total. The molecule has 0 aliphatic carbocycles. The van der Waals surface area contributed by atoms with Crippen LogP contribution in [0.2, 0.25) is 0 Å². The van der Waals surface area contributed by atoms with Gasteiger partial charge in [-0.1, -0.05) is 6.07 Å². The van der Waals surface area contributed by atoms with Gasteiger partial charge in [-0.05, 0) is 48.5 Å². The number of sulfonamides is 1. The van der Waals surface area contributed by atoms with Crippen LogP contribution in [0.15, 0.2) is 86.9 Å². The zero-order valence-corrected chi connectivity index (χ0v) is 16.9. The van der Waals surface area contributed by atoms with Gasteiger partial charge in [0, 0.05) is 35.0 Å². The minimum Gasteiger partial charge on any atom is -0.423 e. The van der Waals surface area contributed by atoms with Gasteiger partial charge >= 0.3 is 5.63 Å². The van der Waals surface area contributed by atoms with Gasteiger partial charge in [-0.15, -0.1) is 0 Å². The Labute approximate surface area is 180 Å². The number of non-ortho nitro benzene ring substituents is 1. The third kappa shape index (κ3) is 4.42. The third-order valence-corrected chi connectivity index (χ3v) is 5.84. The van der Waals surface area contributed by atoms with Crippen molar-refractivity contribution in [2.45, 2.75) is 4.90 Å². The Morgan fingerprint density at radius 3 is 2.34 bits per heavy atom. The normalized spacial score (nSPS) is 11.3. The smallest absolute Gasteiger partial charge is 0.338 e. The molecule has 0 fully saturated rings. The highest BCUT2D eigenvalue weighted by atomic mass is 32.2. The molecule has 3 aromatic carbocycles. The molecule has 32 heavy (non-hydrogen) atoms. The van der Waals surface area contributed by atoms with Crippen molar-refractivity contribution in [1.29, 1.82) is 0 Å². The highest BCUT2D eigenvalue weighted by molar-refractivity contribution is 7.92. The van der Waals surface area contributed by atoms with Crippen LogP contribution in [0.5, 0.6) is 0 Å². The first-order valence-electron chi connectivity index (χ1n) is 9.09. The maximum absolute atomic E-state index is 13.3. The summed E-state index contributed by atoms with van der Waals surface area (Å²) in [6.07, 6.45) is 0. The van der Waals surface area contributed by atoms with Crippen LogP contribution in [0.3, 0.4) is 0 Å². The van der Waals surface area contributed by atoms with Gasteiger partial charge in [0.1, 0.15) is 11.4 Å². The Morgan fingerprint density at radius 1 is 0.938 bits per heavy atom. The molecule has 0 atom stereocenters. The van der Waals surface area contributed by atoms with E-state index < -0.39 is 26.4 Å². The molecule has 0 saturated carbocycles. The molecule has 0 aliphatic rings. The van der Waals surface area contributed by atoms with Crippen LogP contribution in [0.25, 0.3) is 11.0 Å². The predicted octanol–water partition coefficient (Wildman–Crippen LogP) is 4.38. The molecule has 1 heterocycles. The van der Waals surface area contributed by atoms with E-state index in [-0.39, 0.29) is 27.5 Å². The minimum atomic E-state index is -3.98. The van der Waals surface area contributed by atoms with Gasteiger partial charge < -0.3 is 9.73 Å². The molecule has 2 N–H and O–H groups in total. The topological polar surface area (TPSA) is 132 Å². The van der Waals surface area contributed by atoms with Crippen LogP contribution in [0.4, 0.5) is 27.1 Å². The summed E-state index contributed by atoms with van der Waals surface area (Å²) in [5.41, 5.74) is 0.355. The molecular weight excluding hydrogens is 441 g/mol. The number of rotatable bonds is 6. The summed E-state index contributed by atoms with van der Waals surface area (Å²) in [7, 11) is -3.98. The van der Waals surface area contributed by atoms with Gasteiger partial charge in [0.2, 0.25) is 0 Å². The molecule has 162 valence electrons. The lowest BCUT2D eigenvalue weighted by atomic mass is 10.1. The summed E-state index contributed by atoms with van der Waals surface area (Å²) >= 11 is 0. The molecule has 0 amide bonds. The van der Waals surface area contributed by atoms with Gasteiger partial charge in [0.05, 0.1) is 15.5 Å². The fourth-order valence-corrected chi connectivity index (χ4v) is 4.08. The van der Waals surface area contributed by atoms with Crippen molar-refractivity contribution in [2.75, 3.05) is 10.0 Å². The number of nitro groups is 1. The Bertz CT molecular complexity index is 1500. The van der Waals surface area contributed by atoms with Crippen LogP contribution in [-0.2, 0) is 10.0 Å². The minimum absolute atomic E-state index is 0.170. The average Bonchev–Trinajstić information content (AvgIpc) is 2.74. The number of benzene rings is 3. The number of hydrogen-bond donors (Lipinski definition) is 2. The Balaban J connectivity index is 1.60. The lowest BCUT2D eigenvalue weighted by Crippen LogP contribution is -2.13. The van der Waals surface area contributed by atoms with Crippen molar-refractivity contribution < 1.29 is 22.1 Å². The molecule has 0 radical (unpaired) electrons. The van der Waals surface area contributed by atoms with E-state index >= 15 is 0 Å². The lowest BCUT2D eigenvalue weighted by Gasteiger charge is -2.11. The molecule has 1 aromatic heterocycles. The quantitative estimate of drug-likeness (QED) is 0.250. The van der Waals surface area contributed by atoms with E-state index in [2.05, 4.69) is 10.0 Å². The Hall–Kier alpha value is -4.25. The number of fused-ring (bicyclic) bond motifs is 1. The molecule has 0 saturated heterocycles. The third-order valence-electron chi connectivity index (χ3n) is 4.46. The van der Waals surface area contributed by atoms with Crippen LogP contribution >= 0.6 is 0 Å². The maximum Gasteiger partial charge on any atom is 0.338 e. The lowest BCUT2D eigenvalue weighted by molar-refractivity contribution is -0.384. The van der Waals surface area contributed by atoms with Crippen molar-refractivity contribution in [3.05, 3.63) is 99.1 Å². The number of halogens is 1. The first kappa shape index (κ1) is 21.0. The molecule has 4 rings (SSSR count). The fraction of sp³-hybridized carbons (Fsp3) is 0. The van der Waals surface area contributed by atoms with Crippen molar-refractivity contribution in [3.63, 3.8) is 0 Å². The van der Waals surface area contributed by atoms with E-state index in [1.165, 1.54) is 42.5 Å². The zero-order chi connectivity index (χ0) is 22.9. The molecule has 0 aliphatic heterocycles. The molecular formula is C21H14FN3O6S. The van der Waals surface area contributed by atoms with Crippen molar-refractivity contribution in [3.8, 4) is 0 Å². The van der Waals surface area contributed by atoms with Crippen LogP contribution in [0, 0.1) is 15.9 Å². The van der Waals surface area contributed by atoms with E-state index in [9.17, 15) is 27.7 Å². The monoisotopic (exact) mass is 455 g/mol. The fourth-order valence-electron chi connectivity index (χ4n) is 2.99. The molecule has 0 spiro atoms. The van der Waals surface area contributed by atoms with Crippen molar-refractivity contribution in [1.82, 2.24) is 0 Å². The highest BCUT2D eigenvalue weighted by Crippen LogP contribution is 2.29. The second kappa shape index (κ2) is 8.12. The number of nitro benzene ring substituents is 1. The first-order valence-corrected chi connectivity index (χ1v) is 10.6. The Morgan fingerprint density at radius 2 is 1.66 bits per heavy atom. The van der Waals surface area contributed by atoms with Gasteiger partial charge in [-0.25, -0.2) is 17.6 Å². The van der Waals surface area contributed by atoms with E-state index in [1.54, 1.807) is 12.1 Å². The maximum atomic E-state index is 13.3. The average molecular weight is 455 g/mol. The predicted molar refractivity (Wildman–Crippen MR) is 116 cm³/mol. The highest BCUT2D eigenvalue weighted by Gasteiger charge is 2.15. The van der Waals surface area contributed by atoms with Gasteiger partial charge in [0.25, 0.3) is 15.7 Å². The second-order valence-corrected chi connectivity index (χ2v) is 8.36. The van der Waals surface area contributed by atoms with Gasteiger partial charge in [-0.3, -0.25) is 14.8 Å². The first-order chi connectivity index (χ1) is 15.2. The van der Waals surface area contributed by atoms with Gasteiger partial charge in [-0.2, -0.15) is 0 Å². The molecule has 4 aromatic rings. The van der Waals surface area contributed by atoms with E-state index in [0.29, 0.717) is 11.1 Å². The van der Waals surface area contributed by atoms with Crippen LogP contribution in [-0.4, -0.2) is 13.3 Å². The SMILES string of the molecule is O=c1cc(Nc2ccc(NS(=O)(=O)c3cccc(F)c3)cc2)c2cc([N+](=O)[O-])ccc2o1. The summed E-state index contributed by atoms with van der Waals surface area (Å²) in [5.74, 6) is -0.674. The molecule has 0 bridgehead atoms. The number of anilines is 3. The van der Waals surface area contributed by atoms with Crippen LogP contribution < -0.4 is 15.7 Å². The zero-order valence-electron chi connectivity index (χ0n) is 16.1.